The van der Waals surface area contributed by atoms with E-state index in [1.165, 1.54) is 0 Å². The second-order valence-electron chi connectivity index (χ2n) is 2.95. The lowest BCUT2D eigenvalue weighted by atomic mass is 10.1. The van der Waals surface area contributed by atoms with Crippen LogP contribution >= 0.6 is 0 Å². The smallest absolute Gasteiger partial charge is 0.321 e. The molecule has 3 nitrogen and oxygen atoms in total. The number of hydrogen-bond donors (Lipinski definition) is 1. The zero-order valence-electron chi connectivity index (χ0n) is 8.15. The number of carboxylic acids is 1. The minimum Gasteiger partial charge on any atom is -0.480 e. The molecule has 0 aliphatic rings. The molecular formula is C11H15NO2. The van der Waals surface area contributed by atoms with Crippen molar-refractivity contribution in [3.05, 3.63) is 24.8 Å². The Kier molecular flexibility index (Phi) is 7.16. The van der Waals surface area contributed by atoms with Gasteiger partial charge < -0.3 is 5.11 Å². The van der Waals surface area contributed by atoms with Crippen LogP contribution in [-0.4, -0.2) is 11.1 Å². The molecule has 0 bridgehead atoms. The fourth-order valence-corrected chi connectivity index (χ4v) is 0.939. The molecule has 0 aromatic carbocycles. The van der Waals surface area contributed by atoms with E-state index < -0.39 is 11.9 Å². The summed E-state index contributed by atoms with van der Waals surface area (Å²) in [4.78, 5) is 10.4. The van der Waals surface area contributed by atoms with Crippen LogP contribution in [0.15, 0.2) is 24.8 Å². The van der Waals surface area contributed by atoms with Crippen molar-refractivity contribution in [2.75, 3.05) is 0 Å². The highest BCUT2D eigenvalue weighted by Crippen LogP contribution is 2.04. The van der Waals surface area contributed by atoms with E-state index in [2.05, 4.69) is 6.58 Å². The Hall–Kier alpha value is -1.56. The first-order chi connectivity index (χ1) is 6.72. The van der Waals surface area contributed by atoms with Gasteiger partial charge >= 0.3 is 5.97 Å². The Bertz CT molecular complexity index is 251. The van der Waals surface area contributed by atoms with Crippen LogP contribution in [0.5, 0.6) is 0 Å². The van der Waals surface area contributed by atoms with Crippen LogP contribution in [0.4, 0.5) is 0 Å². The molecule has 0 rings (SSSR count). The van der Waals surface area contributed by atoms with Crippen molar-refractivity contribution in [3.8, 4) is 6.07 Å². The van der Waals surface area contributed by atoms with Crippen molar-refractivity contribution < 1.29 is 9.90 Å². The highest BCUT2D eigenvalue weighted by molar-refractivity contribution is 5.73. The molecular weight excluding hydrogens is 178 g/mol. The van der Waals surface area contributed by atoms with Crippen molar-refractivity contribution >= 4 is 5.97 Å². The van der Waals surface area contributed by atoms with Gasteiger partial charge in [-0.25, -0.2) is 0 Å². The van der Waals surface area contributed by atoms with Crippen LogP contribution in [0, 0.1) is 17.2 Å². The largest absolute Gasteiger partial charge is 0.480 e. The fraction of sp³-hybridized carbons (Fsp3) is 0.455. The lowest BCUT2D eigenvalue weighted by molar-refractivity contribution is -0.139. The SMILES string of the molecule is C=CCCCC=CCC(C#N)C(=O)O. The second-order valence-corrected chi connectivity index (χ2v) is 2.95. The van der Waals surface area contributed by atoms with Crippen molar-refractivity contribution in [1.29, 1.82) is 5.26 Å². The summed E-state index contributed by atoms with van der Waals surface area (Å²) in [5, 5.41) is 17.0. The molecule has 0 saturated heterocycles. The van der Waals surface area contributed by atoms with E-state index in [4.69, 9.17) is 10.4 Å². The van der Waals surface area contributed by atoms with E-state index in [-0.39, 0.29) is 0 Å². The average molecular weight is 193 g/mol. The summed E-state index contributed by atoms with van der Waals surface area (Å²) >= 11 is 0. The predicted octanol–water partition coefficient (Wildman–Crippen LogP) is 2.51. The molecule has 1 atom stereocenters. The Labute approximate surface area is 84.4 Å². The first kappa shape index (κ1) is 12.4. The van der Waals surface area contributed by atoms with Crippen molar-refractivity contribution in [1.82, 2.24) is 0 Å². The van der Waals surface area contributed by atoms with Gasteiger partial charge in [-0.2, -0.15) is 5.26 Å². The topological polar surface area (TPSA) is 61.1 Å². The van der Waals surface area contributed by atoms with Gasteiger partial charge in [0, 0.05) is 0 Å². The maximum absolute atomic E-state index is 10.4. The van der Waals surface area contributed by atoms with E-state index in [9.17, 15) is 4.79 Å². The third kappa shape index (κ3) is 6.01. The van der Waals surface area contributed by atoms with Crippen LogP contribution in [0.3, 0.4) is 0 Å². The summed E-state index contributed by atoms with van der Waals surface area (Å²) in [5.74, 6) is -1.96. The number of carbonyl (C=O) groups is 1. The van der Waals surface area contributed by atoms with Crippen LogP contribution in [0.25, 0.3) is 0 Å². The van der Waals surface area contributed by atoms with Gasteiger partial charge in [0.1, 0.15) is 5.92 Å². The normalized spacial score (nSPS) is 12.2. The van der Waals surface area contributed by atoms with E-state index in [1.54, 1.807) is 12.1 Å². The zero-order chi connectivity index (χ0) is 10.8. The molecule has 0 aromatic heterocycles. The summed E-state index contributed by atoms with van der Waals surface area (Å²) in [5.41, 5.74) is 0. The van der Waals surface area contributed by atoms with E-state index >= 15 is 0 Å². The van der Waals surface area contributed by atoms with Crippen molar-refractivity contribution in [2.45, 2.75) is 25.7 Å². The number of allylic oxidation sites excluding steroid dienone is 3. The van der Waals surface area contributed by atoms with Crippen LogP contribution in [0.1, 0.15) is 25.7 Å². The highest BCUT2D eigenvalue weighted by Gasteiger charge is 2.13. The van der Waals surface area contributed by atoms with Gasteiger partial charge in [-0.1, -0.05) is 18.2 Å². The average Bonchev–Trinajstić information content (AvgIpc) is 2.16. The zero-order valence-corrected chi connectivity index (χ0v) is 8.15. The molecule has 0 aliphatic heterocycles. The van der Waals surface area contributed by atoms with Gasteiger partial charge in [0.05, 0.1) is 6.07 Å². The molecule has 1 unspecified atom stereocenters. The van der Waals surface area contributed by atoms with E-state index in [0.29, 0.717) is 6.42 Å². The van der Waals surface area contributed by atoms with Gasteiger partial charge in [-0.05, 0) is 25.7 Å². The van der Waals surface area contributed by atoms with Crippen LogP contribution in [-0.2, 0) is 4.79 Å². The number of hydrogen-bond acceptors (Lipinski definition) is 2. The predicted molar refractivity (Wildman–Crippen MR) is 54.5 cm³/mol. The van der Waals surface area contributed by atoms with Crippen molar-refractivity contribution in [3.63, 3.8) is 0 Å². The Balaban J connectivity index is 3.64. The maximum atomic E-state index is 10.4. The number of nitriles is 1. The third-order valence-corrected chi connectivity index (χ3v) is 1.77. The number of rotatable bonds is 7. The summed E-state index contributed by atoms with van der Waals surface area (Å²) < 4.78 is 0. The Morgan fingerprint density at radius 1 is 1.50 bits per heavy atom. The second kappa shape index (κ2) is 8.06. The van der Waals surface area contributed by atoms with E-state index in [1.807, 2.05) is 12.2 Å². The summed E-state index contributed by atoms with van der Waals surface area (Å²) in [6.45, 7) is 3.60. The van der Waals surface area contributed by atoms with Gasteiger partial charge in [-0.3, -0.25) is 4.79 Å². The Morgan fingerprint density at radius 2 is 2.21 bits per heavy atom. The first-order valence-electron chi connectivity index (χ1n) is 4.60. The van der Waals surface area contributed by atoms with E-state index in [0.717, 1.165) is 19.3 Å². The minimum atomic E-state index is -1.05. The number of carboxylic acid groups (broad SMARTS) is 1. The molecule has 14 heavy (non-hydrogen) atoms. The minimum absolute atomic E-state index is 0.292. The van der Waals surface area contributed by atoms with Crippen LogP contribution < -0.4 is 0 Å². The molecule has 76 valence electrons. The lowest BCUT2D eigenvalue weighted by Gasteiger charge is -1.97. The van der Waals surface area contributed by atoms with Gasteiger partial charge in [0.25, 0.3) is 0 Å². The molecule has 0 aliphatic carbocycles. The molecule has 0 saturated carbocycles. The molecule has 0 spiro atoms. The Morgan fingerprint density at radius 3 is 2.71 bits per heavy atom. The summed E-state index contributed by atoms with van der Waals surface area (Å²) in [7, 11) is 0. The monoisotopic (exact) mass is 193 g/mol. The number of nitrogens with zero attached hydrogens (tertiary/aromatic N) is 1. The lowest BCUT2D eigenvalue weighted by Crippen LogP contribution is -2.09. The van der Waals surface area contributed by atoms with Gasteiger partial charge in [0.2, 0.25) is 0 Å². The molecule has 1 N–H and O–H groups in total. The maximum Gasteiger partial charge on any atom is 0.321 e. The van der Waals surface area contributed by atoms with Gasteiger partial charge in [-0.15, -0.1) is 6.58 Å². The third-order valence-electron chi connectivity index (χ3n) is 1.77. The molecule has 0 amide bonds. The molecule has 0 heterocycles. The standard InChI is InChI=1S/C11H15NO2/c1-2-3-4-5-6-7-8-10(9-12)11(13)14/h2,6-7,10H,1,3-5,8H2,(H,13,14). The molecule has 0 fully saturated rings. The fourth-order valence-electron chi connectivity index (χ4n) is 0.939. The molecule has 3 heteroatoms. The van der Waals surface area contributed by atoms with Crippen LogP contribution in [0.2, 0.25) is 0 Å². The van der Waals surface area contributed by atoms with Crippen molar-refractivity contribution in [2.24, 2.45) is 5.92 Å². The van der Waals surface area contributed by atoms with Gasteiger partial charge in [0.15, 0.2) is 0 Å². The molecule has 0 radical (unpaired) electrons. The first-order valence-corrected chi connectivity index (χ1v) is 4.60. The highest BCUT2D eigenvalue weighted by atomic mass is 16.4. The number of unbranched alkanes of at least 4 members (excludes halogenated alkanes) is 2. The molecule has 0 aromatic rings. The quantitative estimate of drug-likeness (QED) is 0.499. The summed E-state index contributed by atoms with van der Waals surface area (Å²) in [6.07, 6.45) is 8.70. The summed E-state index contributed by atoms with van der Waals surface area (Å²) in [6, 6.07) is 1.74. The number of aliphatic carboxylic acids is 1.